The first-order valence-electron chi connectivity index (χ1n) is 5.32. The van der Waals surface area contributed by atoms with Crippen LogP contribution in [0, 0.1) is 0 Å². The van der Waals surface area contributed by atoms with Crippen molar-refractivity contribution < 1.29 is 29.2 Å². The average molecular weight is 249 g/mol. The van der Waals surface area contributed by atoms with Gasteiger partial charge in [-0.05, 0) is 0 Å². The fourth-order valence-electron chi connectivity index (χ4n) is 2.02. The Balaban J connectivity index is 2.86. The zero-order valence-electron chi connectivity index (χ0n) is 10.1. The van der Waals surface area contributed by atoms with Crippen molar-refractivity contribution in [1.82, 2.24) is 5.32 Å². The number of carbonyl (C=O) groups excluding carboxylic acids is 1. The lowest BCUT2D eigenvalue weighted by Crippen LogP contribution is -2.65. The van der Waals surface area contributed by atoms with Crippen LogP contribution in [0.15, 0.2) is 0 Å². The number of carbonyl (C=O) groups is 1. The summed E-state index contributed by atoms with van der Waals surface area (Å²) in [5.74, 6) is -0.308. The number of aliphatic hydroxyl groups is 2. The molecule has 0 aromatic carbocycles. The summed E-state index contributed by atoms with van der Waals surface area (Å²) in [5.41, 5.74) is 0. The molecule has 0 bridgehead atoms. The molecule has 5 atom stereocenters. The van der Waals surface area contributed by atoms with Gasteiger partial charge in [-0.25, -0.2) is 0 Å². The number of ether oxygens (including phenoxy) is 3. The fraction of sp³-hybridized carbons (Fsp3) is 0.900. The Bertz CT molecular complexity index is 261. The third-order valence-corrected chi connectivity index (χ3v) is 2.76. The molecule has 5 unspecified atom stereocenters. The van der Waals surface area contributed by atoms with E-state index in [-0.39, 0.29) is 12.5 Å². The number of hydrogen-bond acceptors (Lipinski definition) is 6. The SMILES string of the molecule is COC1C(CO)OC(O)C(NC(C)=O)C1OC. The Labute approximate surface area is 99.7 Å². The molecule has 1 aliphatic rings. The molecule has 7 nitrogen and oxygen atoms in total. The van der Waals surface area contributed by atoms with E-state index in [1.165, 1.54) is 21.1 Å². The van der Waals surface area contributed by atoms with Crippen LogP contribution in [0.25, 0.3) is 0 Å². The Kier molecular flexibility index (Phi) is 5.29. The summed E-state index contributed by atoms with van der Waals surface area (Å²) < 4.78 is 15.6. The van der Waals surface area contributed by atoms with Crippen LogP contribution in [-0.4, -0.2) is 67.6 Å². The largest absolute Gasteiger partial charge is 0.394 e. The second-order valence-electron chi connectivity index (χ2n) is 3.87. The van der Waals surface area contributed by atoms with Crippen LogP contribution < -0.4 is 5.32 Å². The van der Waals surface area contributed by atoms with Crippen molar-refractivity contribution >= 4 is 5.91 Å². The predicted molar refractivity (Wildman–Crippen MR) is 57.2 cm³/mol. The maximum Gasteiger partial charge on any atom is 0.217 e. The van der Waals surface area contributed by atoms with Gasteiger partial charge < -0.3 is 29.7 Å². The third kappa shape index (κ3) is 3.14. The van der Waals surface area contributed by atoms with Crippen molar-refractivity contribution in [2.75, 3.05) is 20.8 Å². The van der Waals surface area contributed by atoms with E-state index in [4.69, 9.17) is 19.3 Å². The molecule has 1 heterocycles. The minimum Gasteiger partial charge on any atom is -0.394 e. The molecular weight excluding hydrogens is 230 g/mol. The van der Waals surface area contributed by atoms with E-state index in [1.807, 2.05) is 0 Å². The minimum absolute atomic E-state index is 0.303. The predicted octanol–water partition coefficient (Wildman–Crippen LogP) is -1.77. The molecule has 17 heavy (non-hydrogen) atoms. The van der Waals surface area contributed by atoms with Crippen LogP contribution in [0.3, 0.4) is 0 Å². The Hall–Kier alpha value is -0.730. The molecule has 3 N–H and O–H groups in total. The Morgan fingerprint density at radius 3 is 2.35 bits per heavy atom. The van der Waals surface area contributed by atoms with E-state index in [1.54, 1.807) is 0 Å². The first-order chi connectivity index (χ1) is 8.04. The maximum absolute atomic E-state index is 11.0. The average Bonchev–Trinajstić information content (AvgIpc) is 2.30. The number of methoxy groups -OCH3 is 2. The van der Waals surface area contributed by atoms with E-state index < -0.39 is 30.6 Å². The van der Waals surface area contributed by atoms with Gasteiger partial charge in [0.15, 0.2) is 6.29 Å². The smallest absolute Gasteiger partial charge is 0.217 e. The van der Waals surface area contributed by atoms with Gasteiger partial charge in [0.2, 0.25) is 5.91 Å². The molecule has 0 radical (unpaired) electrons. The summed E-state index contributed by atoms with van der Waals surface area (Å²) in [6, 6.07) is -0.731. The summed E-state index contributed by atoms with van der Waals surface area (Å²) in [6.45, 7) is 1.03. The van der Waals surface area contributed by atoms with Crippen molar-refractivity contribution in [3.8, 4) is 0 Å². The number of amides is 1. The second-order valence-corrected chi connectivity index (χ2v) is 3.87. The highest BCUT2D eigenvalue weighted by atomic mass is 16.6. The van der Waals surface area contributed by atoms with E-state index >= 15 is 0 Å². The van der Waals surface area contributed by atoms with Gasteiger partial charge >= 0.3 is 0 Å². The van der Waals surface area contributed by atoms with Crippen LogP contribution in [0.2, 0.25) is 0 Å². The van der Waals surface area contributed by atoms with Gasteiger partial charge in [0, 0.05) is 21.1 Å². The second kappa shape index (κ2) is 6.27. The summed E-state index contributed by atoms with van der Waals surface area (Å²) in [7, 11) is 2.89. The van der Waals surface area contributed by atoms with Crippen molar-refractivity contribution in [3.63, 3.8) is 0 Å². The van der Waals surface area contributed by atoms with Crippen LogP contribution in [0.1, 0.15) is 6.92 Å². The third-order valence-electron chi connectivity index (χ3n) is 2.76. The van der Waals surface area contributed by atoms with Crippen molar-refractivity contribution in [2.24, 2.45) is 0 Å². The molecule has 0 spiro atoms. The molecule has 7 heteroatoms. The van der Waals surface area contributed by atoms with Crippen LogP contribution >= 0.6 is 0 Å². The highest BCUT2D eigenvalue weighted by molar-refractivity contribution is 5.73. The quantitative estimate of drug-likeness (QED) is 0.545. The number of rotatable bonds is 4. The van der Waals surface area contributed by atoms with E-state index in [2.05, 4.69) is 5.32 Å². The lowest BCUT2D eigenvalue weighted by atomic mass is 9.96. The highest BCUT2D eigenvalue weighted by Crippen LogP contribution is 2.23. The van der Waals surface area contributed by atoms with Gasteiger partial charge in [0.1, 0.15) is 24.4 Å². The minimum atomic E-state index is -1.24. The standard InChI is InChI=1S/C10H19NO6/c1-5(13)11-7-9(16-3)8(15-2)6(4-12)17-10(7)14/h6-10,12,14H,4H2,1-3H3,(H,11,13). The normalized spacial score (nSPS) is 37.8. The molecule has 1 rings (SSSR count). The van der Waals surface area contributed by atoms with Gasteiger partial charge in [-0.1, -0.05) is 0 Å². The van der Waals surface area contributed by atoms with Crippen LogP contribution in [0.4, 0.5) is 0 Å². The van der Waals surface area contributed by atoms with Gasteiger partial charge in [0.25, 0.3) is 0 Å². The van der Waals surface area contributed by atoms with E-state index in [9.17, 15) is 9.90 Å². The topological polar surface area (TPSA) is 97.3 Å². The summed E-state index contributed by atoms with van der Waals surface area (Å²) in [6.07, 6.45) is -3.09. The Morgan fingerprint density at radius 1 is 1.35 bits per heavy atom. The maximum atomic E-state index is 11.0. The van der Waals surface area contributed by atoms with Crippen molar-refractivity contribution in [3.05, 3.63) is 0 Å². The van der Waals surface area contributed by atoms with E-state index in [0.717, 1.165) is 0 Å². The van der Waals surface area contributed by atoms with Crippen LogP contribution in [0.5, 0.6) is 0 Å². The molecule has 1 saturated heterocycles. The number of nitrogens with one attached hydrogen (secondary N) is 1. The van der Waals surface area contributed by atoms with Crippen molar-refractivity contribution in [1.29, 1.82) is 0 Å². The zero-order valence-corrected chi connectivity index (χ0v) is 10.1. The van der Waals surface area contributed by atoms with E-state index in [0.29, 0.717) is 0 Å². The molecule has 0 aromatic heterocycles. The lowest BCUT2D eigenvalue weighted by molar-refractivity contribution is -0.263. The van der Waals surface area contributed by atoms with Gasteiger partial charge in [-0.3, -0.25) is 4.79 Å². The fourth-order valence-corrected chi connectivity index (χ4v) is 2.02. The molecule has 1 amide bonds. The number of hydrogen-bond donors (Lipinski definition) is 3. The molecule has 0 saturated carbocycles. The number of aliphatic hydroxyl groups excluding tert-OH is 2. The first kappa shape index (κ1) is 14.3. The molecule has 100 valence electrons. The van der Waals surface area contributed by atoms with Gasteiger partial charge in [0.05, 0.1) is 6.61 Å². The zero-order chi connectivity index (χ0) is 13.0. The van der Waals surface area contributed by atoms with Crippen molar-refractivity contribution in [2.45, 2.75) is 37.6 Å². The van der Waals surface area contributed by atoms with Gasteiger partial charge in [-0.15, -0.1) is 0 Å². The lowest BCUT2D eigenvalue weighted by Gasteiger charge is -2.43. The Morgan fingerprint density at radius 2 is 1.94 bits per heavy atom. The van der Waals surface area contributed by atoms with Crippen LogP contribution in [-0.2, 0) is 19.0 Å². The van der Waals surface area contributed by atoms with Gasteiger partial charge in [-0.2, -0.15) is 0 Å². The molecule has 0 aromatic rings. The summed E-state index contributed by atoms with van der Waals surface area (Å²) in [4.78, 5) is 11.0. The molecule has 1 fully saturated rings. The highest BCUT2D eigenvalue weighted by Gasteiger charge is 2.46. The monoisotopic (exact) mass is 249 g/mol. The summed E-state index contributed by atoms with van der Waals surface area (Å²) in [5, 5.41) is 21.4. The molecule has 0 aliphatic carbocycles. The summed E-state index contributed by atoms with van der Waals surface area (Å²) >= 11 is 0. The first-order valence-corrected chi connectivity index (χ1v) is 5.32. The molecule has 1 aliphatic heterocycles. The molecular formula is C10H19NO6.